The second-order valence-corrected chi connectivity index (χ2v) is 9.16. The zero-order valence-electron chi connectivity index (χ0n) is 17.4. The van der Waals surface area contributed by atoms with E-state index < -0.39 is 0 Å². The molecule has 1 aromatic rings. The fourth-order valence-corrected chi connectivity index (χ4v) is 5.33. The predicted molar refractivity (Wildman–Crippen MR) is 113 cm³/mol. The number of aryl methyl sites for hydroxylation is 1. The molecule has 0 saturated carbocycles. The van der Waals surface area contributed by atoms with Crippen LogP contribution in [-0.4, -0.2) is 101 Å². The molecule has 1 aromatic heterocycles. The van der Waals surface area contributed by atoms with Gasteiger partial charge in [-0.3, -0.25) is 14.5 Å². The minimum Gasteiger partial charge on any atom is -0.424 e. The maximum atomic E-state index is 12.9. The second kappa shape index (κ2) is 9.27. The van der Waals surface area contributed by atoms with Crippen molar-refractivity contribution < 1.29 is 14.0 Å². The van der Waals surface area contributed by atoms with Crippen LogP contribution in [0.3, 0.4) is 0 Å². The van der Waals surface area contributed by atoms with Crippen molar-refractivity contribution in [2.45, 2.75) is 25.8 Å². The predicted octanol–water partition coefficient (Wildman–Crippen LogP) is 0.543. The van der Waals surface area contributed by atoms with Crippen LogP contribution in [0.2, 0.25) is 0 Å². The van der Waals surface area contributed by atoms with Gasteiger partial charge in [-0.25, -0.2) is 4.98 Å². The Hall–Kier alpha value is -2.25. The smallest absolute Gasteiger partial charge is 0.239 e. The van der Waals surface area contributed by atoms with Gasteiger partial charge in [0.05, 0.1) is 12.6 Å². The van der Waals surface area contributed by atoms with E-state index in [-0.39, 0.29) is 17.9 Å². The zero-order chi connectivity index (χ0) is 21.1. The highest BCUT2D eigenvalue weighted by Crippen LogP contribution is 2.24. The van der Waals surface area contributed by atoms with E-state index in [0.717, 1.165) is 44.0 Å². The number of hydrogen-bond donors (Lipinski definition) is 0. The van der Waals surface area contributed by atoms with Gasteiger partial charge < -0.3 is 19.1 Å². The largest absolute Gasteiger partial charge is 0.424 e. The maximum absolute atomic E-state index is 12.9. The molecule has 1 unspecified atom stereocenters. The van der Waals surface area contributed by atoms with E-state index in [0.29, 0.717) is 50.2 Å². The van der Waals surface area contributed by atoms with Crippen molar-refractivity contribution in [1.82, 2.24) is 19.7 Å². The molecule has 0 aliphatic carbocycles. The number of aromatic nitrogens is 1. The summed E-state index contributed by atoms with van der Waals surface area (Å²) in [6, 6.07) is 1.91. The molecule has 1 atom stereocenters. The molecule has 0 radical (unpaired) electrons. The Morgan fingerprint density at radius 2 is 1.87 bits per heavy atom. The van der Waals surface area contributed by atoms with Crippen molar-refractivity contribution in [3.63, 3.8) is 0 Å². The molecule has 10 heteroatoms. The van der Waals surface area contributed by atoms with Crippen molar-refractivity contribution in [2.75, 3.05) is 68.8 Å². The third kappa shape index (κ3) is 4.42. The lowest BCUT2D eigenvalue weighted by Crippen LogP contribution is -2.54. The first kappa shape index (κ1) is 21.0. The lowest BCUT2D eigenvalue weighted by Gasteiger charge is -2.36. The lowest BCUT2D eigenvalue weighted by molar-refractivity contribution is -0.138. The summed E-state index contributed by atoms with van der Waals surface area (Å²) in [6.07, 6.45) is 1.80. The molecule has 3 fully saturated rings. The molecular formula is C20H28N6O3S. The fraction of sp³-hybridized carbons (Fsp3) is 0.700. The molecule has 9 nitrogen and oxygen atoms in total. The average molecular weight is 433 g/mol. The van der Waals surface area contributed by atoms with Crippen LogP contribution in [0.15, 0.2) is 4.42 Å². The van der Waals surface area contributed by atoms with E-state index in [4.69, 9.17) is 4.42 Å². The van der Waals surface area contributed by atoms with Crippen molar-refractivity contribution in [1.29, 1.82) is 5.26 Å². The first-order valence-corrected chi connectivity index (χ1v) is 11.7. The average Bonchev–Trinajstić information content (AvgIpc) is 3.40. The quantitative estimate of drug-likeness (QED) is 0.680. The van der Waals surface area contributed by atoms with E-state index in [1.54, 1.807) is 6.92 Å². The van der Waals surface area contributed by atoms with Crippen LogP contribution in [0.5, 0.6) is 0 Å². The first-order chi connectivity index (χ1) is 14.6. The number of piperazine rings is 1. The maximum Gasteiger partial charge on any atom is 0.239 e. The molecule has 4 rings (SSSR count). The van der Waals surface area contributed by atoms with Crippen molar-refractivity contribution >= 4 is 29.5 Å². The summed E-state index contributed by atoms with van der Waals surface area (Å²) in [5.74, 6) is 3.22. The molecule has 30 heavy (non-hydrogen) atoms. The molecule has 0 aromatic carbocycles. The highest BCUT2D eigenvalue weighted by Gasteiger charge is 2.36. The third-order valence-electron chi connectivity index (χ3n) is 6.05. The molecule has 3 aliphatic rings. The number of anilines is 1. The molecule has 2 amide bonds. The van der Waals surface area contributed by atoms with Gasteiger partial charge in [0, 0.05) is 57.7 Å². The number of carbonyl (C=O) groups excluding carboxylic acids is 2. The number of nitrogens with zero attached hydrogens (tertiary/aromatic N) is 6. The number of carbonyl (C=O) groups is 2. The van der Waals surface area contributed by atoms with E-state index in [9.17, 15) is 14.9 Å². The molecule has 3 aliphatic heterocycles. The Kier molecular flexibility index (Phi) is 6.49. The molecule has 4 heterocycles. The SMILES string of the molecule is Cc1nc(C#N)c(N2CCN(C(=O)CN3CCCC3C(=O)N3CCSCC3)CC2)o1. The van der Waals surface area contributed by atoms with Gasteiger partial charge >= 0.3 is 0 Å². The number of oxazole rings is 1. The van der Waals surface area contributed by atoms with E-state index >= 15 is 0 Å². The van der Waals surface area contributed by atoms with Crippen LogP contribution in [0.1, 0.15) is 24.4 Å². The molecule has 162 valence electrons. The summed E-state index contributed by atoms with van der Waals surface area (Å²) >= 11 is 1.89. The Morgan fingerprint density at radius 3 is 2.57 bits per heavy atom. The molecular weight excluding hydrogens is 404 g/mol. The Morgan fingerprint density at radius 1 is 1.13 bits per heavy atom. The lowest BCUT2D eigenvalue weighted by atomic mass is 10.2. The summed E-state index contributed by atoms with van der Waals surface area (Å²) in [4.78, 5) is 37.8. The van der Waals surface area contributed by atoms with Gasteiger partial charge in [-0.1, -0.05) is 0 Å². The Labute approximate surface area is 181 Å². The van der Waals surface area contributed by atoms with Gasteiger partial charge in [-0.15, -0.1) is 0 Å². The molecule has 3 saturated heterocycles. The van der Waals surface area contributed by atoms with Crippen LogP contribution >= 0.6 is 11.8 Å². The fourth-order valence-electron chi connectivity index (χ4n) is 4.43. The first-order valence-electron chi connectivity index (χ1n) is 10.6. The van der Waals surface area contributed by atoms with Crippen LogP contribution in [0.25, 0.3) is 0 Å². The van der Waals surface area contributed by atoms with E-state index in [1.807, 2.05) is 26.5 Å². The summed E-state index contributed by atoms with van der Waals surface area (Å²) < 4.78 is 5.58. The summed E-state index contributed by atoms with van der Waals surface area (Å²) in [5, 5.41) is 9.22. The normalized spacial score (nSPS) is 22.9. The summed E-state index contributed by atoms with van der Waals surface area (Å²) in [6.45, 7) is 6.79. The monoisotopic (exact) mass is 432 g/mol. The number of hydrogen-bond acceptors (Lipinski definition) is 8. The van der Waals surface area contributed by atoms with Crippen LogP contribution < -0.4 is 4.90 Å². The zero-order valence-corrected chi connectivity index (χ0v) is 18.2. The standard InChI is InChI=1S/C20H28N6O3S/c1-15-22-16(13-21)20(29-15)25-7-5-23(6-8-25)18(27)14-26-4-2-3-17(26)19(28)24-9-11-30-12-10-24/h17H,2-12,14H2,1H3. The van der Waals surface area contributed by atoms with Gasteiger partial charge in [0.15, 0.2) is 5.89 Å². The number of rotatable bonds is 4. The molecule has 0 N–H and O–H groups in total. The van der Waals surface area contributed by atoms with Gasteiger partial charge in [0.1, 0.15) is 6.07 Å². The van der Waals surface area contributed by atoms with E-state index in [1.165, 1.54) is 0 Å². The number of likely N-dealkylation sites (tertiary alicyclic amines) is 1. The second-order valence-electron chi connectivity index (χ2n) is 7.93. The summed E-state index contributed by atoms with van der Waals surface area (Å²) in [7, 11) is 0. The minimum absolute atomic E-state index is 0.0674. The highest BCUT2D eigenvalue weighted by molar-refractivity contribution is 7.99. The van der Waals surface area contributed by atoms with Crippen molar-refractivity contribution in [3.8, 4) is 6.07 Å². The molecule has 0 bridgehead atoms. The van der Waals surface area contributed by atoms with Gasteiger partial charge in [0.2, 0.25) is 23.4 Å². The minimum atomic E-state index is -0.159. The van der Waals surface area contributed by atoms with Gasteiger partial charge in [-0.05, 0) is 19.4 Å². The Bertz CT molecular complexity index is 823. The van der Waals surface area contributed by atoms with E-state index in [2.05, 4.69) is 16.0 Å². The van der Waals surface area contributed by atoms with Crippen LogP contribution in [0.4, 0.5) is 5.88 Å². The van der Waals surface area contributed by atoms with Crippen LogP contribution in [-0.2, 0) is 9.59 Å². The highest BCUT2D eigenvalue weighted by atomic mass is 32.2. The third-order valence-corrected chi connectivity index (χ3v) is 6.99. The topological polar surface area (TPSA) is 96.9 Å². The number of amides is 2. The van der Waals surface area contributed by atoms with Crippen LogP contribution in [0, 0.1) is 18.3 Å². The Balaban J connectivity index is 1.31. The van der Waals surface area contributed by atoms with Gasteiger partial charge in [-0.2, -0.15) is 17.0 Å². The van der Waals surface area contributed by atoms with Gasteiger partial charge in [0.25, 0.3) is 0 Å². The number of thioether (sulfide) groups is 1. The summed E-state index contributed by atoms with van der Waals surface area (Å²) in [5.41, 5.74) is 0.293. The molecule has 0 spiro atoms. The van der Waals surface area contributed by atoms with Crippen molar-refractivity contribution in [2.24, 2.45) is 0 Å². The number of nitriles is 1. The van der Waals surface area contributed by atoms with Crippen molar-refractivity contribution in [3.05, 3.63) is 11.6 Å².